The quantitative estimate of drug-likeness (QED) is 0.922. The summed E-state index contributed by atoms with van der Waals surface area (Å²) in [6, 6.07) is 3.68. The lowest BCUT2D eigenvalue weighted by Crippen LogP contribution is -2.43. The molecule has 7 heteroatoms. The maximum absolute atomic E-state index is 12.5. The highest BCUT2D eigenvalue weighted by Crippen LogP contribution is 2.18. The molecule has 2 aromatic rings. The van der Waals surface area contributed by atoms with Crippen molar-refractivity contribution in [3.63, 3.8) is 0 Å². The summed E-state index contributed by atoms with van der Waals surface area (Å²) in [6.45, 7) is 3.79. The number of nitrogens with one attached hydrogen (secondary N) is 1. The summed E-state index contributed by atoms with van der Waals surface area (Å²) in [5.41, 5.74) is 1.17. The molecule has 0 unspecified atom stereocenters. The number of aryl methyl sites for hydroxylation is 1. The van der Waals surface area contributed by atoms with Gasteiger partial charge in [-0.05, 0) is 37.1 Å². The van der Waals surface area contributed by atoms with Crippen molar-refractivity contribution in [2.45, 2.75) is 19.8 Å². The van der Waals surface area contributed by atoms with Crippen molar-refractivity contribution in [2.24, 2.45) is 5.92 Å². The van der Waals surface area contributed by atoms with Crippen LogP contribution in [0.5, 0.6) is 0 Å². The SMILES string of the molecule is Cc1cnc(C(=O)N2CCC[C@H](CNC(=O)c3cccs3)C2)cn1. The Morgan fingerprint density at radius 2 is 2.25 bits per heavy atom. The molecule has 24 heavy (non-hydrogen) atoms. The van der Waals surface area contributed by atoms with Crippen LogP contribution in [0, 0.1) is 12.8 Å². The van der Waals surface area contributed by atoms with E-state index in [4.69, 9.17) is 0 Å². The van der Waals surface area contributed by atoms with Gasteiger partial charge in [-0.2, -0.15) is 0 Å². The number of carbonyl (C=O) groups excluding carboxylic acids is 2. The van der Waals surface area contributed by atoms with Crippen LogP contribution in [0.1, 0.15) is 38.7 Å². The fraction of sp³-hybridized carbons (Fsp3) is 0.412. The first kappa shape index (κ1) is 16.6. The van der Waals surface area contributed by atoms with Gasteiger partial charge in [-0.3, -0.25) is 14.6 Å². The molecule has 1 aliphatic heterocycles. The van der Waals surface area contributed by atoms with Crippen LogP contribution >= 0.6 is 11.3 Å². The summed E-state index contributed by atoms with van der Waals surface area (Å²) in [7, 11) is 0. The second kappa shape index (κ2) is 7.53. The zero-order valence-corrected chi connectivity index (χ0v) is 14.4. The summed E-state index contributed by atoms with van der Waals surface area (Å²) in [5, 5.41) is 4.85. The number of rotatable bonds is 4. The van der Waals surface area contributed by atoms with E-state index >= 15 is 0 Å². The van der Waals surface area contributed by atoms with Gasteiger partial charge in [0, 0.05) is 25.8 Å². The van der Waals surface area contributed by atoms with Gasteiger partial charge in [0.1, 0.15) is 5.69 Å². The highest BCUT2D eigenvalue weighted by atomic mass is 32.1. The molecule has 6 nitrogen and oxygen atoms in total. The average Bonchev–Trinajstić information content (AvgIpc) is 3.15. The Bertz CT molecular complexity index is 700. The van der Waals surface area contributed by atoms with Gasteiger partial charge in [-0.1, -0.05) is 6.07 Å². The molecule has 1 atom stereocenters. The molecule has 0 bridgehead atoms. The van der Waals surface area contributed by atoms with E-state index in [2.05, 4.69) is 15.3 Å². The molecule has 3 rings (SSSR count). The molecular formula is C17H20N4O2S. The van der Waals surface area contributed by atoms with Gasteiger partial charge in [-0.25, -0.2) is 4.98 Å². The number of hydrogen-bond donors (Lipinski definition) is 1. The van der Waals surface area contributed by atoms with E-state index in [0.717, 1.165) is 25.1 Å². The monoisotopic (exact) mass is 344 g/mol. The summed E-state index contributed by atoms with van der Waals surface area (Å²) < 4.78 is 0. The number of carbonyl (C=O) groups is 2. The molecule has 2 aromatic heterocycles. The number of amides is 2. The van der Waals surface area contributed by atoms with Gasteiger partial charge in [-0.15, -0.1) is 11.3 Å². The molecule has 1 aliphatic rings. The number of nitrogens with zero attached hydrogens (tertiary/aromatic N) is 3. The molecule has 1 fully saturated rings. The van der Waals surface area contributed by atoms with Crippen LogP contribution in [0.4, 0.5) is 0 Å². The number of likely N-dealkylation sites (tertiary alicyclic amines) is 1. The largest absolute Gasteiger partial charge is 0.351 e. The van der Waals surface area contributed by atoms with Crippen molar-refractivity contribution in [3.8, 4) is 0 Å². The minimum absolute atomic E-state index is 0.0437. The summed E-state index contributed by atoms with van der Waals surface area (Å²) in [4.78, 5) is 35.4. The predicted octanol–water partition coefficient (Wildman–Crippen LogP) is 2.13. The van der Waals surface area contributed by atoms with Crippen molar-refractivity contribution in [1.29, 1.82) is 0 Å². The standard InChI is InChI=1S/C17H20N4O2S/c1-12-8-19-14(10-18-12)17(23)21-6-2-4-13(11-21)9-20-16(22)15-5-3-7-24-15/h3,5,7-8,10,13H,2,4,6,9,11H2,1H3,(H,20,22)/t13-/m1/s1. The molecule has 3 heterocycles. The van der Waals surface area contributed by atoms with Crippen LogP contribution in [-0.2, 0) is 0 Å². The van der Waals surface area contributed by atoms with Gasteiger partial charge >= 0.3 is 0 Å². The van der Waals surface area contributed by atoms with Gasteiger partial charge in [0.15, 0.2) is 0 Å². The lowest BCUT2D eigenvalue weighted by atomic mass is 9.97. The number of piperidine rings is 1. The van der Waals surface area contributed by atoms with E-state index < -0.39 is 0 Å². The minimum atomic E-state index is -0.0863. The fourth-order valence-electron chi connectivity index (χ4n) is 2.81. The van der Waals surface area contributed by atoms with Crippen molar-refractivity contribution in [3.05, 3.63) is 46.2 Å². The Hall–Kier alpha value is -2.28. The van der Waals surface area contributed by atoms with Crippen molar-refractivity contribution >= 4 is 23.2 Å². The van der Waals surface area contributed by atoms with Gasteiger partial charge in [0.05, 0.1) is 16.8 Å². The highest BCUT2D eigenvalue weighted by Gasteiger charge is 2.25. The lowest BCUT2D eigenvalue weighted by Gasteiger charge is -2.32. The molecule has 126 valence electrons. The minimum Gasteiger partial charge on any atom is -0.351 e. The van der Waals surface area contributed by atoms with Crippen LogP contribution in [0.2, 0.25) is 0 Å². The van der Waals surface area contributed by atoms with Gasteiger partial charge < -0.3 is 10.2 Å². The van der Waals surface area contributed by atoms with Crippen molar-refractivity contribution in [1.82, 2.24) is 20.2 Å². The maximum atomic E-state index is 12.5. The second-order valence-electron chi connectivity index (χ2n) is 5.99. The van der Waals surface area contributed by atoms with Crippen molar-refractivity contribution in [2.75, 3.05) is 19.6 Å². The highest BCUT2D eigenvalue weighted by molar-refractivity contribution is 7.12. The molecule has 1 saturated heterocycles. The molecular weight excluding hydrogens is 324 g/mol. The predicted molar refractivity (Wildman–Crippen MR) is 92.0 cm³/mol. The Morgan fingerprint density at radius 1 is 1.38 bits per heavy atom. The number of hydrogen-bond acceptors (Lipinski definition) is 5. The first-order valence-electron chi connectivity index (χ1n) is 8.03. The van der Waals surface area contributed by atoms with Crippen LogP contribution in [0.15, 0.2) is 29.9 Å². The Balaban J connectivity index is 1.55. The molecule has 0 spiro atoms. The van der Waals surface area contributed by atoms with Crippen LogP contribution in [-0.4, -0.2) is 46.3 Å². The molecule has 2 amide bonds. The van der Waals surface area contributed by atoms with E-state index in [1.54, 1.807) is 6.20 Å². The van der Waals surface area contributed by atoms with E-state index in [1.165, 1.54) is 17.5 Å². The molecule has 0 aliphatic carbocycles. The average molecular weight is 344 g/mol. The zero-order valence-electron chi connectivity index (χ0n) is 13.6. The van der Waals surface area contributed by atoms with Crippen LogP contribution in [0.3, 0.4) is 0 Å². The van der Waals surface area contributed by atoms with Gasteiger partial charge in [0.2, 0.25) is 0 Å². The third kappa shape index (κ3) is 3.97. The zero-order chi connectivity index (χ0) is 16.9. The third-order valence-corrected chi connectivity index (χ3v) is 4.97. The topological polar surface area (TPSA) is 75.2 Å². The number of aromatic nitrogens is 2. The third-order valence-electron chi connectivity index (χ3n) is 4.10. The van der Waals surface area contributed by atoms with E-state index in [1.807, 2.05) is 29.3 Å². The fourth-order valence-corrected chi connectivity index (χ4v) is 3.45. The molecule has 0 radical (unpaired) electrons. The van der Waals surface area contributed by atoms with Crippen LogP contribution < -0.4 is 5.32 Å². The summed E-state index contributed by atoms with van der Waals surface area (Å²) in [5.74, 6) is 0.139. The normalized spacial score (nSPS) is 17.5. The Morgan fingerprint density at radius 3 is 2.96 bits per heavy atom. The first-order valence-corrected chi connectivity index (χ1v) is 8.91. The molecule has 0 saturated carbocycles. The Kier molecular flexibility index (Phi) is 5.20. The summed E-state index contributed by atoms with van der Waals surface area (Å²) in [6.07, 6.45) is 5.08. The van der Waals surface area contributed by atoms with Crippen molar-refractivity contribution < 1.29 is 9.59 Å². The molecule has 0 aromatic carbocycles. The number of thiophene rings is 1. The molecule has 1 N–H and O–H groups in total. The maximum Gasteiger partial charge on any atom is 0.274 e. The van der Waals surface area contributed by atoms with Gasteiger partial charge in [0.25, 0.3) is 11.8 Å². The lowest BCUT2D eigenvalue weighted by molar-refractivity contribution is 0.0664. The second-order valence-corrected chi connectivity index (χ2v) is 6.94. The van der Waals surface area contributed by atoms with E-state index in [-0.39, 0.29) is 17.7 Å². The smallest absolute Gasteiger partial charge is 0.274 e. The van der Waals surface area contributed by atoms with Crippen LogP contribution in [0.25, 0.3) is 0 Å². The summed E-state index contributed by atoms with van der Waals surface area (Å²) >= 11 is 1.43. The van der Waals surface area contributed by atoms with E-state index in [9.17, 15) is 9.59 Å². The first-order chi connectivity index (χ1) is 11.6. The Labute approximate surface area is 144 Å². The van der Waals surface area contributed by atoms with E-state index in [0.29, 0.717) is 23.7 Å².